The van der Waals surface area contributed by atoms with Crippen molar-refractivity contribution in [1.82, 2.24) is 10.2 Å². The van der Waals surface area contributed by atoms with Gasteiger partial charge in [0.15, 0.2) is 0 Å². The van der Waals surface area contributed by atoms with Gasteiger partial charge in [-0.3, -0.25) is 14.5 Å². The maximum atomic E-state index is 11.9. The molecule has 0 saturated heterocycles. The molecule has 0 bridgehead atoms. The molecule has 1 aliphatic heterocycles. The highest BCUT2D eigenvalue weighted by Crippen LogP contribution is 2.48. The lowest BCUT2D eigenvalue weighted by molar-refractivity contribution is -0.126. The van der Waals surface area contributed by atoms with Crippen LogP contribution >= 0.6 is 11.3 Å². The number of fused-ring (bicyclic) bond motifs is 1. The Kier molecular flexibility index (Phi) is 3.76. The lowest BCUT2D eigenvalue weighted by Crippen LogP contribution is -2.44. The van der Waals surface area contributed by atoms with Crippen molar-refractivity contribution in [3.05, 3.63) is 21.9 Å². The van der Waals surface area contributed by atoms with Gasteiger partial charge in [-0.1, -0.05) is 0 Å². The molecule has 0 aromatic carbocycles. The van der Waals surface area contributed by atoms with Crippen molar-refractivity contribution in [2.24, 2.45) is 11.7 Å². The normalized spacial score (nSPS) is 22.3. The average Bonchev–Trinajstić information content (AvgIpc) is 3.13. The first-order valence-electron chi connectivity index (χ1n) is 7.00. The van der Waals surface area contributed by atoms with Crippen molar-refractivity contribution in [1.29, 1.82) is 0 Å². The molecule has 1 aromatic heterocycles. The van der Waals surface area contributed by atoms with Crippen molar-refractivity contribution in [2.75, 3.05) is 19.6 Å². The van der Waals surface area contributed by atoms with Crippen molar-refractivity contribution in [3.8, 4) is 0 Å². The summed E-state index contributed by atoms with van der Waals surface area (Å²) in [4.78, 5) is 26.3. The quantitative estimate of drug-likeness (QED) is 0.837. The minimum Gasteiger partial charge on any atom is -0.368 e. The maximum absolute atomic E-state index is 11.9. The second kappa shape index (κ2) is 5.54. The third-order valence-electron chi connectivity index (χ3n) is 3.99. The van der Waals surface area contributed by atoms with Crippen LogP contribution in [0.3, 0.4) is 0 Å². The number of hydrogen-bond acceptors (Lipinski definition) is 4. The van der Waals surface area contributed by atoms with Crippen molar-refractivity contribution < 1.29 is 9.59 Å². The van der Waals surface area contributed by atoms with Crippen LogP contribution in [0.25, 0.3) is 0 Å². The van der Waals surface area contributed by atoms with E-state index in [0.29, 0.717) is 18.5 Å². The van der Waals surface area contributed by atoms with Crippen molar-refractivity contribution >= 4 is 23.2 Å². The molecule has 0 unspecified atom stereocenters. The zero-order chi connectivity index (χ0) is 14.1. The van der Waals surface area contributed by atoms with E-state index in [4.69, 9.17) is 5.73 Å². The minimum atomic E-state index is -0.504. The molecule has 1 aromatic rings. The molecule has 3 rings (SSSR count). The van der Waals surface area contributed by atoms with E-state index in [1.165, 1.54) is 23.3 Å². The molecule has 20 heavy (non-hydrogen) atoms. The number of nitrogens with zero attached hydrogens (tertiary/aromatic N) is 1. The number of nitrogens with two attached hydrogens (primary N) is 1. The van der Waals surface area contributed by atoms with Gasteiger partial charge in [0.25, 0.3) is 0 Å². The van der Waals surface area contributed by atoms with Crippen LogP contribution in [-0.4, -0.2) is 36.3 Å². The van der Waals surface area contributed by atoms with Gasteiger partial charge < -0.3 is 11.1 Å². The Morgan fingerprint density at radius 3 is 2.95 bits per heavy atom. The lowest BCUT2D eigenvalue weighted by atomic mass is 9.96. The Morgan fingerprint density at radius 1 is 1.45 bits per heavy atom. The molecule has 6 heteroatoms. The first-order valence-corrected chi connectivity index (χ1v) is 7.88. The first-order chi connectivity index (χ1) is 9.65. The standard InChI is InChI=1S/C14H19N3O2S/c15-12(18)7-16-13(19)8-17-5-3-11-10(4-6-20-11)14(17)9-1-2-9/h4,6,9,14H,1-3,5,7-8H2,(H2,15,18)(H,16,19)/t14-/m0/s1. The zero-order valence-electron chi connectivity index (χ0n) is 11.3. The molecule has 1 fully saturated rings. The number of amides is 2. The van der Waals surface area contributed by atoms with E-state index < -0.39 is 5.91 Å². The van der Waals surface area contributed by atoms with Crippen LogP contribution in [0.15, 0.2) is 11.4 Å². The number of carbonyl (C=O) groups excluding carboxylic acids is 2. The van der Waals surface area contributed by atoms with Gasteiger partial charge in [0.2, 0.25) is 11.8 Å². The fraction of sp³-hybridized carbons (Fsp3) is 0.571. The summed E-state index contributed by atoms with van der Waals surface area (Å²) in [5.74, 6) is 0.0663. The van der Waals surface area contributed by atoms with Gasteiger partial charge >= 0.3 is 0 Å². The average molecular weight is 293 g/mol. The van der Waals surface area contributed by atoms with Crippen LogP contribution in [0.2, 0.25) is 0 Å². The van der Waals surface area contributed by atoms with Crippen molar-refractivity contribution in [3.63, 3.8) is 0 Å². The molecule has 0 spiro atoms. The third-order valence-corrected chi connectivity index (χ3v) is 4.99. The van der Waals surface area contributed by atoms with E-state index in [0.717, 1.165) is 13.0 Å². The Balaban J connectivity index is 1.67. The van der Waals surface area contributed by atoms with Crippen LogP contribution in [0.4, 0.5) is 0 Å². The summed E-state index contributed by atoms with van der Waals surface area (Å²) in [7, 11) is 0. The molecule has 2 heterocycles. The Hall–Kier alpha value is -1.40. The largest absolute Gasteiger partial charge is 0.368 e. The molecular weight excluding hydrogens is 274 g/mol. The molecule has 1 aliphatic carbocycles. The number of nitrogens with one attached hydrogen (secondary N) is 1. The predicted molar refractivity (Wildman–Crippen MR) is 77.3 cm³/mol. The zero-order valence-corrected chi connectivity index (χ0v) is 12.1. The van der Waals surface area contributed by atoms with E-state index in [-0.39, 0.29) is 12.5 Å². The number of rotatable bonds is 5. The van der Waals surface area contributed by atoms with E-state index in [1.807, 2.05) is 11.3 Å². The highest BCUT2D eigenvalue weighted by atomic mass is 32.1. The highest BCUT2D eigenvalue weighted by molar-refractivity contribution is 7.10. The molecule has 3 N–H and O–H groups in total. The van der Waals surface area contributed by atoms with Crippen LogP contribution in [0, 0.1) is 5.92 Å². The number of carbonyl (C=O) groups is 2. The molecule has 2 amide bonds. The summed E-state index contributed by atoms with van der Waals surface area (Å²) < 4.78 is 0. The molecule has 1 saturated carbocycles. The fourth-order valence-corrected chi connectivity index (χ4v) is 3.88. The highest BCUT2D eigenvalue weighted by Gasteiger charge is 2.40. The van der Waals surface area contributed by atoms with Crippen molar-refractivity contribution in [2.45, 2.75) is 25.3 Å². The van der Waals surface area contributed by atoms with Crippen LogP contribution in [0.1, 0.15) is 29.3 Å². The van der Waals surface area contributed by atoms with E-state index in [2.05, 4.69) is 21.7 Å². The second-order valence-electron chi connectivity index (χ2n) is 5.54. The van der Waals surface area contributed by atoms with Gasteiger partial charge in [0, 0.05) is 17.5 Å². The Morgan fingerprint density at radius 2 is 2.25 bits per heavy atom. The summed E-state index contributed by atoms with van der Waals surface area (Å²) in [6.07, 6.45) is 3.51. The topological polar surface area (TPSA) is 75.4 Å². The van der Waals surface area contributed by atoms with Crippen LogP contribution < -0.4 is 11.1 Å². The van der Waals surface area contributed by atoms with Gasteiger partial charge in [-0.2, -0.15) is 0 Å². The van der Waals surface area contributed by atoms with E-state index in [9.17, 15) is 9.59 Å². The second-order valence-corrected chi connectivity index (χ2v) is 6.55. The molecule has 108 valence electrons. The third kappa shape index (κ3) is 2.86. The van der Waals surface area contributed by atoms with Gasteiger partial charge in [-0.15, -0.1) is 11.3 Å². The molecule has 2 aliphatic rings. The van der Waals surface area contributed by atoms with Gasteiger partial charge in [0.1, 0.15) is 0 Å². The lowest BCUT2D eigenvalue weighted by Gasteiger charge is -2.35. The van der Waals surface area contributed by atoms with Crippen LogP contribution in [0.5, 0.6) is 0 Å². The first kappa shape index (κ1) is 13.6. The van der Waals surface area contributed by atoms with Gasteiger partial charge in [0.05, 0.1) is 13.1 Å². The van der Waals surface area contributed by atoms with Crippen LogP contribution in [-0.2, 0) is 16.0 Å². The fourth-order valence-electron chi connectivity index (χ4n) is 2.97. The number of thiophene rings is 1. The van der Waals surface area contributed by atoms with Gasteiger partial charge in [-0.25, -0.2) is 0 Å². The van der Waals surface area contributed by atoms with E-state index >= 15 is 0 Å². The summed E-state index contributed by atoms with van der Waals surface area (Å²) in [5.41, 5.74) is 6.45. The molecule has 5 nitrogen and oxygen atoms in total. The van der Waals surface area contributed by atoms with Gasteiger partial charge in [-0.05, 0) is 42.2 Å². The number of hydrogen-bond donors (Lipinski definition) is 2. The summed E-state index contributed by atoms with van der Waals surface area (Å²) in [6.45, 7) is 1.19. The minimum absolute atomic E-state index is 0.0789. The Labute approximate surface area is 122 Å². The Bertz CT molecular complexity index is 524. The number of primary amides is 1. The molecular formula is C14H19N3O2S. The monoisotopic (exact) mass is 293 g/mol. The molecule has 1 atom stereocenters. The predicted octanol–water partition coefficient (Wildman–Crippen LogP) is 0.659. The van der Waals surface area contributed by atoms with E-state index in [1.54, 1.807) is 0 Å². The maximum Gasteiger partial charge on any atom is 0.236 e. The summed E-state index contributed by atoms with van der Waals surface area (Å²) in [5, 5.41) is 4.72. The summed E-state index contributed by atoms with van der Waals surface area (Å²) in [6, 6.07) is 2.58. The molecule has 0 radical (unpaired) electrons. The SMILES string of the molecule is NC(=O)CNC(=O)CN1CCc2sccc2[C@@H]1C1CC1. The summed E-state index contributed by atoms with van der Waals surface area (Å²) >= 11 is 1.82. The smallest absolute Gasteiger partial charge is 0.236 e.